The van der Waals surface area contributed by atoms with E-state index in [1.54, 1.807) is 12.4 Å². The minimum absolute atomic E-state index is 0.150. The Kier molecular flexibility index (Phi) is 8.07. The molecule has 0 bridgehead atoms. The normalized spacial score (nSPS) is 22.6. The molecule has 2 aromatic heterocycles. The van der Waals surface area contributed by atoms with Crippen molar-refractivity contribution in [2.45, 2.75) is 65.3 Å². The van der Waals surface area contributed by atoms with Gasteiger partial charge >= 0.3 is 0 Å². The minimum atomic E-state index is -1.05. The number of aryl methyl sites for hydroxylation is 2. The highest BCUT2D eigenvalue weighted by molar-refractivity contribution is 5.94. The smallest absolute Gasteiger partial charge is 0.231 e. The number of alkyl halides is 1. The molecule has 1 aliphatic carbocycles. The molecule has 4 rings (SSSR count). The first-order valence-electron chi connectivity index (χ1n) is 12.9. The number of hydrogen-bond donors (Lipinski definition) is 3. The molecule has 2 aliphatic rings. The van der Waals surface area contributed by atoms with Crippen LogP contribution in [0.15, 0.2) is 59.7 Å². The quantitative estimate of drug-likeness (QED) is 0.423. The topological polar surface area (TPSA) is 92.1 Å². The lowest BCUT2D eigenvalue weighted by Gasteiger charge is -2.27. The predicted molar refractivity (Wildman–Crippen MR) is 145 cm³/mol. The summed E-state index contributed by atoms with van der Waals surface area (Å²) in [7, 11) is 1.97. The molecule has 3 heterocycles. The summed E-state index contributed by atoms with van der Waals surface area (Å²) in [6.45, 7) is 8.07. The number of nitrogens with zero attached hydrogens (tertiary/aromatic N) is 3. The van der Waals surface area contributed by atoms with E-state index in [2.05, 4.69) is 52.7 Å². The number of aromatic nitrogens is 3. The molecule has 0 radical (unpaired) electrons. The first kappa shape index (κ1) is 26.5. The van der Waals surface area contributed by atoms with Crippen LogP contribution in [0.2, 0.25) is 0 Å². The summed E-state index contributed by atoms with van der Waals surface area (Å²) in [4.78, 5) is 21.2. The van der Waals surface area contributed by atoms with Gasteiger partial charge in [-0.3, -0.25) is 4.79 Å². The van der Waals surface area contributed by atoms with E-state index < -0.39 is 18.2 Å². The van der Waals surface area contributed by atoms with E-state index in [0.29, 0.717) is 12.2 Å². The maximum absolute atomic E-state index is 13.3. The molecule has 1 aliphatic heterocycles. The Morgan fingerprint density at radius 3 is 2.65 bits per heavy atom. The maximum atomic E-state index is 13.3. The van der Waals surface area contributed by atoms with Crippen LogP contribution in [0.5, 0.6) is 0 Å². The van der Waals surface area contributed by atoms with E-state index >= 15 is 0 Å². The van der Waals surface area contributed by atoms with Crippen molar-refractivity contribution in [2.24, 2.45) is 13.0 Å². The van der Waals surface area contributed by atoms with Crippen molar-refractivity contribution in [3.63, 3.8) is 0 Å². The molecule has 0 spiro atoms. The van der Waals surface area contributed by atoms with Crippen LogP contribution in [0, 0.1) is 12.8 Å². The number of hydrogen-bond acceptors (Lipinski definition) is 5. The van der Waals surface area contributed by atoms with Crippen molar-refractivity contribution in [1.29, 1.82) is 0 Å². The van der Waals surface area contributed by atoms with Gasteiger partial charge in [-0.2, -0.15) is 0 Å². The molecule has 7 nitrogen and oxygen atoms in total. The lowest BCUT2D eigenvalue weighted by Crippen LogP contribution is -2.37. The number of pyridine rings is 1. The predicted octanol–water partition coefficient (Wildman–Crippen LogP) is 4.87. The number of halogens is 1. The van der Waals surface area contributed by atoms with Crippen LogP contribution in [0.4, 0.5) is 10.2 Å². The van der Waals surface area contributed by atoms with Crippen molar-refractivity contribution >= 4 is 23.4 Å². The second-order valence-electron chi connectivity index (χ2n) is 9.80. The van der Waals surface area contributed by atoms with Gasteiger partial charge in [0.1, 0.15) is 17.8 Å². The number of carbonyl (C=O) groups is 1. The van der Waals surface area contributed by atoms with Gasteiger partial charge in [-0.1, -0.05) is 26.0 Å². The molecule has 8 heteroatoms. The second-order valence-corrected chi connectivity index (χ2v) is 9.80. The average molecular weight is 506 g/mol. The van der Waals surface area contributed by atoms with Gasteiger partial charge in [-0.05, 0) is 67.5 Å². The Morgan fingerprint density at radius 1 is 1.32 bits per heavy atom. The molecule has 1 amide bonds. The number of imidazole rings is 1. The molecule has 37 heavy (non-hydrogen) atoms. The maximum Gasteiger partial charge on any atom is 0.231 e. The lowest BCUT2D eigenvalue weighted by atomic mass is 9.87. The van der Waals surface area contributed by atoms with E-state index in [9.17, 15) is 14.3 Å². The molecule has 196 valence electrons. The third-order valence-corrected chi connectivity index (χ3v) is 6.91. The Morgan fingerprint density at radius 2 is 2.08 bits per heavy atom. The van der Waals surface area contributed by atoms with Crippen LogP contribution in [-0.2, 0) is 11.8 Å². The fourth-order valence-corrected chi connectivity index (χ4v) is 4.51. The number of anilines is 1. The zero-order valence-electron chi connectivity index (χ0n) is 22.1. The number of allylic oxidation sites excluding steroid dienone is 5. The molecular formula is C29H36FN5O2. The summed E-state index contributed by atoms with van der Waals surface area (Å²) in [6, 6.07) is 1.66. The van der Waals surface area contributed by atoms with E-state index in [0.717, 1.165) is 45.7 Å². The van der Waals surface area contributed by atoms with Crippen molar-refractivity contribution in [3.8, 4) is 0 Å². The molecule has 4 unspecified atom stereocenters. The minimum Gasteiger partial charge on any atom is -0.391 e. The van der Waals surface area contributed by atoms with Crippen LogP contribution in [-0.4, -0.2) is 43.9 Å². The number of amides is 1. The summed E-state index contributed by atoms with van der Waals surface area (Å²) in [5, 5.41) is 16.5. The van der Waals surface area contributed by atoms with E-state index in [1.807, 2.05) is 43.9 Å². The van der Waals surface area contributed by atoms with Crippen molar-refractivity contribution in [2.75, 3.05) is 5.32 Å². The molecule has 1 fully saturated rings. The molecule has 1 saturated carbocycles. The molecule has 3 N–H and O–H groups in total. The van der Waals surface area contributed by atoms with Gasteiger partial charge in [-0.15, -0.1) is 0 Å². The first-order chi connectivity index (χ1) is 17.7. The summed E-state index contributed by atoms with van der Waals surface area (Å²) < 4.78 is 15.3. The van der Waals surface area contributed by atoms with E-state index in [1.165, 1.54) is 0 Å². The van der Waals surface area contributed by atoms with Gasteiger partial charge in [0.15, 0.2) is 0 Å². The first-order valence-corrected chi connectivity index (χ1v) is 12.9. The number of aliphatic hydroxyl groups excluding tert-OH is 1. The Balaban J connectivity index is 1.75. The highest BCUT2D eigenvalue weighted by atomic mass is 19.1. The fraction of sp³-hybridized carbons (Fsp3) is 0.414. The van der Waals surface area contributed by atoms with Gasteiger partial charge in [-0.25, -0.2) is 14.4 Å². The van der Waals surface area contributed by atoms with E-state index in [4.69, 9.17) is 0 Å². The zero-order valence-corrected chi connectivity index (χ0v) is 22.1. The van der Waals surface area contributed by atoms with Gasteiger partial charge in [0.05, 0.1) is 18.1 Å². The van der Waals surface area contributed by atoms with Gasteiger partial charge in [0, 0.05) is 43.0 Å². The summed E-state index contributed by atoms with van der Waals surface area (Å²) in [5.41, 5.74) is 5.84. The van der Waals surface area contributed by atoms with Crippen molar-refractivity contribution in [1.82, 2.24) is 19.9 Å². The molecule has 0 saturated heterocycles. The Labute approximate surface area is 217 Å². The SMILES string of the molecule is CC/C=C(/C(=C\c1cnc(NC(=O)C2CC2F)cc1C)C1=CNC(C(O)CC)C=C1C)c1nccn1C. The average Bonchev–Trinajstić information content (AvgIpc) is 3.47. The Hall–Kier alpha value is -3.52. The molecule has 0 aromatic carbocycles. The Bertz CT molecular complexity index is 1290. The summed E-state index contributed by atoms with van der Waals surface area (Å²) >= 11 is 0. The van der Waals surface area contributed by atoms with Crippen LogP contribution in [0.25, 0.3) is 11.6 Å². The largest absolute Gasteiger partial charge is 0.391 e. The summed E-state index contributed by atoms with van der Waals surface area (Å²) in [6.07, 6.45) is 14.0. The zero-order chi connectivity index (χ0) is 26.7. The number of carbonyl (C=O) groups excluding carboxylic acids is 1. The van der Waals surface area contributed by atoms with Crippen LogP contribution in [0.1, 0.15) is 57.0 Å². The standard InChI is InChI=1S/C29H36FN5O2/c1-6-8-20(28-31-9-10-35(28)5)21(23-16-32-25(11-18(23)4)26(36)7-2)13-19-15-33-27(12-17(19)3)34-29(37)22-14-24(22)30/h8-13,15-16,22,24-26,32,36H,6-7,14H2,1-5H3,(H,33,34,37)/b20-8-,21-13+. The van der Waals surface area contributed by atoms with Crippen LogP contribution in [0.3, 0.4) is 0 Å². The highest BCUT2D eigenvalue weighted by Crippen LogP contribution is 2.36. The molecule has 4 atom stereocenters. The number of nitrogens with one attached hydrogen (secondary N) is 2. The van der Waals surface area contributed by atoms with E-state index in [-0.39, 0.29) is 18.4 Å². The molecular weight excluding hydrogens is 469 g/mol. The fourth-order valence-electron chi connectivity index (χ4n) is 4.51. The van der Waals surface area contributed by atoms with Gasteiger partial charge in [0.25, 0.3) is 0 Å². The third kappa shape index (κ3) is 5.91. The lowest BCUT2D eigenvalue weighted by molar-refractivity contribution is -0.117. The number of rotatable bonds is 9. The van der Waals surface area contributed by atoms with Crippen molar-refractivity contribution < 1.29 is 14.3 Å². The second kappa shape index (κ2) is 11.3. The van der Waals surface area contributed by atoms with Crippen LogP contribution >= 0.6 is 0 Å². The van der Waals surface area contributed by atoms with Gasteiger partial charge in [0.2, 0.25) is 5.91 Å². The van der Waals surface area contributed by atoms with Gasteiger partial charge < -0.3 is 20.3 Å². The number of dihydropyridines is 1. The monoisotopic (exact) mass is 505 g/mol. The van der Waals surface area contributed by atoms with Crippen LogP contribution < -0.4 is 10.6 Å². The summed E-state index contributed by atoms with van der Waals surface area (Å²) in [5.74, 6) is 0.370. The third-order valence-electron chi connectivity index (χ3n) is 6.91. The van der Waals surface area contributed by atoms with Crippen molar-refractivity contribution in [3.05, 3.63) is 76.7 Å². The highest BCUT2D eigenvalue weighted by Gasteiger charge is 2.43. The number of aliphatic hydroxyl groups is 1. The molecule has 2 aromatic rings.